The molecule has 0 amide bonds. The molecular weight excluding hydrogens is 262 g/mol. The zero-order chi connectivity index (χ0) is 13.9. The number of morpholine rings is 1. The first-order valence-corrected chi connectivity index (χ1v) is 7.22. The Bertz CT molecular complexity index is 465. The summed E-state index contributed by atoms with van der Waals surface area (Å²) < 4.78 is 32.2. The van der Waals surface area contributed by atoms with E-state index in [9.17, 15) is 8.78 Å². The number of rotatable bonds is 5. The molecule has 0 radical (unpaired) electrons. The molecular formula is C15H20F2N2O. The smallest absolute Gasteiger partial charge is 0.127 e. The van der Waals surface area contributed by atoms with Gasteiger partial charge in [0.1, 0.15) is 11.6 Å². The van der Waals surface area contributed by atoms with Crippen molar-refractivity contribution >= 4 is 0 Å². The quantitative estimate of drug-likeness (QED) is 0.893. The van der Waals surface area contributed by atoms with Gasteiger partial charge >= 0.3 is 0 Å². The van der Waals surface area contributed by atoms with Crippen molar-refractivity contribution in [3.63, 3.8) is 0 Å². The zero-order valence-corrected chi connectivity index (χ0v) is 11.4. The van der Waals surface area contributed by atoms with Gasteiger partial charge in [0.15, 0.2) is 0 Å². The van der Waals surface area contributed by atoms with E-state index in [1.54, 1.807) is 0 Å². The number of ether oxygens (including phenoxy) is 1. The summed E-state index contributed by atoms with van der Waals surface area (Å²) in [6.07, 6.45) is 2.74. The number of hydrogen-bond acceptors (Lipinski definition) is 3. The van der Waals surface area contributed by atoms with Crippen LogP contribution in [0.3, 0.4) is 0 Å². The lowest BCUT2D eigenvalue weighted by molar-refractivity contribution is -0.0301. The normalized spacial score (nSPS) is 24.0. The summed E-state index contributed by atoms with van der Waals surface area (Å²) in [4.78, 5) is 2.47. The van der Waals surface area contributed by atoms with Gasteiger partial charge in [0.2, 0.25) is 0 Å². The highest BCUT2D eigenvalue weighted by Gasteiger charge is 2.32. The number of nitrogens with one attached hydrogen (secondary N) is 1. The molecule has 3 rings (SSSR count). The van der Waals surface area contributed by atoms with Crippen molar-refractivity contribution < 1.29 is 13.5 Å². The molecule has 0 aromatic heterocycles. The van der Waals surface area contributed by atoms with Crippen LogP contribution in [0, 0.1) is 11.6 Å². The molecule has 5 heteroatoms. The molecule has 2 fully saturated rings. The van der Waals surface area contributed by atoms with Crippen LogP contribution in [0.15, 0.2) is 18.2 Å². The third-order valence-corrected chi connectivity index (χ3v) is 3.93. The van der Waals surface area contributed by atoms with E-state index in [1.165, 1.54) is 18.9 Å². The van der Waals surface area contributed by atoms with Crippen LogP contribution in [0.1, 0.15) is 18.4 Å². The number of benzene rings is 1. The maximum atomic E-state index is 13.5. The lowest BCUT2D eigenvalue weighted by atomic mass is 10.2. The Morgan fingerprint density at radius 1 is 1.30 bits per heavy atom. The van der Waals surface area contributed by atoms with Gasteiger partial charge in [-0.15, -0.1) is 0 Å². The van der Waals surface area contributed by atoms with Crippen LogP contribution in [0.5, 0.6) is 0 Å². The van der Waals surface area contributed by atoms with E-state index in [-0.39, 0.29) is 11.9 Å². The molecule has 0 bridgehead atoms. The SMILES string of the molecule is Fc1ccc(F)c(CNC[C@H]2CN(C3CC3)CCO2)c1. The molecule has 1 aromatic rings. The predicted octanol–water partition coefficient (Wildman–Crippen LogP) is 1.92. The Kier molecular flexibility index (Phi) is 4.29. The van der Waals surface area contributed by atoms with E-state index < -0.39 is 5.82 Å². The van der Waals surface area contributed by atoms with E-state index in [0.717, 1.165) is 37.9 Å². The largest absolute Gasteiger partial charge is 0.374 e. The predicted molar refractivity (Wildman–Crippen MR) is 72.4 cm³/mol. The van der Waals surface area contributed by atoms with Gasteiger partial charge in [-0.05, 0) is 31.0 Å². The summed E-state index contributed by atoms with van der Waals surface area (Å²) in [6, 6.07) is 4.29. The van der Waals surface area contributed by atoms with Crippen molar-refractivity contribution in [1.29, 1.82) is 0 Å². The monoisotopic (exact) mass is 282 g/mol. The minimum Gasteiger partial charge on any atom is -0.374 e. The maximum absolute atomic E-state index is 13.5. The molecule has 2 aliphatic rings. The molecule has 1 aliphatic carbocycles. The fourth-order valence-corrected chi connectivity index (χ4v) is 2.68. The van der Waals surface area contributed by atoms with Crippen LogP contribution < -0.4 is 5.32 Å². The van der Waals surface area contributed by atoms with Crippen LogP contribution in [-0.4, -0.2) is 43.3 Å². The van der Waals surface area contributed by atoms with Crippen LogP contribution in [0.25, 0.3) is 0 Å². The number of hydrogen-bond donors (Lipinski definition) is 1. The zero-order valence-electron chi connectivity index (χ0n) is 11.4. The first-order chi connectivity index (χ1) is 9.72. The second-order valence-electron chi connectivity index (χ2n) is 5.59. The third kappa shape index (κ3) is 3.53. The molecule has 1 heterocycles. The van der Waals surface area contributed by atoms with Gasteiger partial charge < -0.3 is 10.1 Å². The molecule has 20 heavy (non-hydrogen) atoms. The summed E-state index contributed by atoms with van der Waals surface area (Å²) in [5.74, 6) is -0.778. The van der Waals surface area contributed by atoms with Crippen molar-refractivity contribution in [2.24, 2.45) is 0 Å². The van der Waals surface area contributed by atoms with E-state index in [4.69, 9.17) is 4.74 Å². The van der Waals surface area contributed by atoms with Gasteiger partial charge in [0.05, 0.1) is 12.7 Å². The fourth-order valence-electron chi connectivity index (χ4n) is 2.68. The lowest BCUT2D eigenvalue weighted by Gasteiger charge is -2.33. The van der Waals surface area contributed by atoms with Gasteiger partial charge in [-0.3, -0.25) is 4.90 Å². The van der Waals surface area contributed by atoms with Crippen LogP contribution in [-0.2, 0) is 11.3 Å². The summed E-state index contributed by atoms with van der Waals surface area (Å²) in [6.45, 7) is 3.70. The minimum atomic E-state index is -0.406. The van der Waals surface area contributed by atoms with Crippen molar-refractivity contribution in [3.8, 4) is 0 Å². The second-order valence-corrected chi connectivity index (χ2v) is 5.59. The van der Waals surface area contributed by atoms with Crippen LogP contribution in [0.4, 0.5) is 8.78 Å². The Balaban J connectivity index is 1.46. The second kappa shape index (κ2) is 6.16. The lowest BCUT2D eigenvalue weighted by Crippen LogP contribution is -2.47. The van der Waals surface area contributed by atoms with Crippen molar-refractivity contribution in [1.82, 2.24) is 10.2 Å². The molecule has 1 N–H and O–H groups in total. The summed E-state index contributed by atoms with van der Waals surface area (Å²) >= 11 is 0. The molecule has 3 nitrogen and oxygen atoms in total. The maximum Gasteiger partial charge on any atom is 0.127 e. The van der Waals surface area contributed by atoms with Gasteiger partial charge in [-0.1, -0.05) is 0 Å². The van der Waals surface area contributed by atoms with Crippen molar-refractivity contribution in [2.75, 3.05) is 26.2 Å². The average molecular weight is 282 g/mol. The highest BCUT2D eigenvalue weighted by Crippen LogP contribution is 2.28. The molecule has 0 unspecified atom stereocenters. The van der Waals surface area contributed by atoms with Crippen LogP contribution >= 0.6 is 0 Å². The van der Waals surface area contributed by atoms with Gasteiger partial charge in [-0.2, -0.15) is 0 Å². The Hall–Kier alpha value is -1.04. The molecule has 1 aromatic carbocycles. The summed E-state index contributed by atoms with van der Waals surface area (Å²) in [5, 5.41) is 3.16. The fraction of sp³-hybridized carbons (Fsp3) is 0.600. The first-order valence-electron chi connectivity index (χ1n) is 7.22. The van der Waals surface area contributed by atoms with Crippen molar-refractivity contribution in [3.05, 3.63) is 35.4 Å². The van der Waals surface area contributed by atoms with Gasteiger partial charge in [0.25, 0.3) is 0 Å². The highest BCUT2D eigenvalue weighted by molar-refractivity contribution is 5.18. The Morgan fingerprint density at radius 2 is 2.15 bits per heavy atom. The summed E-state index contributed by atoms with van der Waals surface area (Å²) in [7, 11) is 0. The Morgan fingerprint density at radius 3 is 2.95 bits per heavy atom. The molecule has 1 saturated heterocycles. The summed E-state index contributed by atoms with van der Waals surface area (Å²) in [5.41, 5.74) is 0.361. The molecule has 0 spiro atoms. The van der Waals surface area contributed by atoms with Crippen molar-refractivity contribution in [2.45, 2.75) is 31.5 Å². The highest BCUT2D eigenvalue weighted by atomic mass is 19.1. The van der Waals surface area contributed by atoms with E-state index >= 15 is 0 Å². The molecule has 1 saturated carbocycles. The number of nitrogens with zero attached hydrogens (tertiary/aromatic N) is 1. The standard InChI is InChI=1S/C15H20F2N2O/c16-12-1-4-15(17)11(7-12)8-18-9-14-10-19(5-6-20-14)13-2-3-13/h1,4,7,13-14,18H,2-3,5-6,8-10H2/t14-/m0/s1. The first kappa shape index (κ1) is 13.9. The van der Waals surface area contributed by atoms with E-state index in [0.29, 0.717) is 18.7 Å². The van der Waals surface area contributed by atoms with E-state index in [1.807, 2.05) is 0 Å². The Labute approximate surface area is 117 Å². The number of halogens is 2. The van der Waals surface area contributed by atoms with Gasteiger partial charge in [-0.25, -0.2) is 8.78 Å². The molecule has 1 atom stereocenters. The van der Waals surface area contributed by atoms with Gasteiger partial charge in [0, 0.05) is 37.8 Å². The minimum absolute atomic E-state index is 0.140. The molecule has 110 valence electrons. The van der Waals surface area contributed by atoms with E-state index in [2.05, 4.69) is 10.2 Å². The topological polar surface area (TPSA) is 24.5 Å². The average Bonchev–Trinajstić information content (AvgIpc) is 3.28. The molecule has 1 aliphatic heterocycles. The third-order valence-electron chi connectivity index (χ3n) is 3.93. The van der Waals surface area contributed by atoms with Crippen LogP contribution in [0.2, 0.25) is 0 Å².